The molecule has 1 saturated carbocycles. The van der Waals surface area contributed by atoms with E-state index in [4.69, 9.17) is 23.2 Å². The maximum absolute atomic E-state index is 13.1. The van der Waals surface area contributed by atoms with E-state index in [0.29, 0.717) is 12.8 Å². The summed E-state index contributed by atoms with van der Waals surface area (Å²) in [7, 11) is -4.29. The fraction of sp³-hybridized carbons (Fsp3) is 0.500. The van der Waals surface area contributed by atoms with Gasteiger partial charge in [-0.15, -0.1) is 0 Å². The van der Waals surface area contributed by atoms with Crippen molar-refractivity contribution in [2.24, 2.45) is 11.3 Å². The highest BCUT2D eigenvalue weighted by atomic mass is 35.5. The lowest BCUT2D eigenvalue weighted by Crippen LogP contribution is -2.53. The van der Waals surface area contributed by atoms with Crippen molar-refractivity contribution in [1.29, 1.82) is 0 Å². The minimum atomic E-state index is -4.29. The average molecular weight is 422 g/mol. The fourth-order valence-electron chi connectivity index (χ4n) is 4.26. The first-order valence-electron chi connectivity index (χ1n) is 8.05. The van der Waals surface area contributed by atoms with Crippen LogP contribution in [0.2, 0.25) is 10.0 Å². The number of aliphatic carboxylic acids is 2. The van der Waals surface area contributed by atoms with Gasteiger partial charge in [0.2, 0.25) is 10.0 Å². The molecule has 2 fully saturated rings. The van der Waals surface area contributed by atoms with Gasteiger partial charge in [0.1, 0.15) is 6.04 Å². The summed E-state index contributed by atoms with van der Waals surface area (Å²) < 4.78 is 27.0. The minimum absolute atomic E-state index is 0.0903. The first kappa shape index (κ1) is 19.4. The van der Waals surface area contributed by atoms with Crippen molar-refractivity contribution in [3.8, 4) is 0 Å². The van der Waals surface area contributed by atoms with Gasteiger partial charge in [-0.25, -0.2) is 8.42 Å². The van der Waals surface area contributed by atoms with Crippen LogP contribution in [-0.2, 0) is 19.6 Å². The zero-order valence-electron chi connectivity index (χ0n) is 13.6. The molecule has 1 aliphatic carbocycles. The Labute approximate surface area is 160 Å². The molecule has 10 heteroatoms. The predicted octanol–water partition coefficient (Wildman–Crippen LogP) is 2.71. The second-order valence-electron chi connectivity index (χ2n) is 6.71. The van der Waals surface area contributed by atoms with Crippen molar-refractivity contribution in [3.05, 3.63) is 28.2 Å². The highest BCUT2D eigenvalue weighted by Crippen LogP contribution is 2.52. The molecule has 7 nitrogen and oxygen atoms in total. The van der Waals surface area contributed by atoms with E-state index in [0.717, 1.165) is 10.7 Å². The Hall–Kier alpha value is -1.35. The number of hydrogen-bond acceptors (Lipinski definition) is 4. The molecule has 1 aliphatic heterocycles. The Balaban J connectivity index is 2.14. The summed E-state index contributed by atoms with van der Waals surface area (Å²) in [5.74, 6) is -3.29. The summed E-state index contributed by atoms with van der Waals surface area (Å²) in [6.07, 6.45) is 1.89. The Morgan fingerprint density at radius 3 is 2.27 bits per heavy atom. The minimum Gasteiger partial charge on any atom is -0.481 e. The van der Waals surface area contributed by atoms with Gasteiger partial charge in [0.05, 0.1) is 10.3 Å². The molecule has 2 aliphatic rings. The van der Waals surface area contributed by atoms with Gasteiger partial charge in [-0.1, -0.05) is 36.0 Å². The molecular formula is C16H17Cl2NO6S. The Bertz CT molecular complexity index is 853. The number of rotatable bonds is 4. The third-order valence-electron chi connectivity index (χ3n) is 5.37. The molecule has 0 spiro atoms. The van der Waals surface area contributed by atoms with Crippen LogP contribution in [0.25, 0.3) is 0 Å². The number of benzene rings is 1. The molecule has 3 unspecified atom stereocenters. The van der Waals surface area contributed by atoms with Crippen LogP contribution < -0.4 is 0 Å². The van der Waals surface area contributed by atoms with Gasteiger partial charge in [-0.05, 0) is 37.0 Å². The molecule has 0 bridgehead atoms. The topological polar surface area (TPSA) is 112 Å². The fourth-order valence-corrected chi connectivity index (χ4v) is 6.67. The number of carbonyl (C=O) groups is 2. The molecule has 1 heterocycles. The van der Waals surface area contributed by atoms with Crippen LogP contribution in [0.4, 0.5) is 0 Å². The molecule has 26 heavy (non-hydrogen) atoms. The van der Waals surface area contributed by atoms with Crippen molar-refractivity contribution in [2.45, 2.75) is 36.6 Å². The molecule has 1 aromatic carbocycles. The first-order valence-corrected chi connectivity index (χ1v) is 10.2. The van der Waals surface area contributed by atoms with Crippen LogP contribution in [0, 0.1) is 11.3 Å². The van der Waals surface area contributed by atoms with Crippen LogP contribution >= 0.6 is 23.2 Å². The Kier molecular flexibility index (Phi) is 4.98. The first-order chi connectivity index (χ1) is 12.1. The quantitative estimate of drug-likeness (QED) is 0.772. The molecule has 1 aromatic rings. The second kappa shape index (κ2) is 6.67. The van der Waals surface area contributed by atoms with Crippen molar-refractivity contribution in [1.82, 2.24) is 4.31 Å². The third-order valence-corrected chi connectivity index (χ3v) is 7.62. The largest absolute Gasteiger partial charge is 0.481 e. The maximum atomic E-state index is 13.1. The lowest BCUT2D eigenvalue weighted by molar-refractivity contribution is -0.162. The number of fused-ring (bicyclic) bond motifs is 1. The van der Waals surface area contributed by atoms with Crippen molar-refractivity contribution in [3.63, 3.8) is 0 Å². The van der Waals surface area contributed by atoms with Crippen LogP contribution in [0.1, 0.15) is 25.7 Å². The van der Waals surface area contributed by atoms with Crippen molar-refractivity contribution in [2.75, 3.05) is 6.54 Å². The van der Waals surface area contributed by atoms with E-state index in [-0.39, 0.29) is 27.9 Å². The lowest BCUT2D eigenvalue weighted by atomic mass is 9.65. The van der Waals surface area contributed by atoms with E-state index in [1.54, 1.807) is 0 Å². The van der Waals surface area contributed by atoms with Gasteiger partial charge in [0.25, 0.3) is 0 Å². The Morgan fingerprint density at radius 1 is 1.12 bits per heavy atom. The average Bonchev–Trinajstić information content (AvgIpc) is 2.91. The van der Waals surface area contributed by atoms with E-state index in [1.807, 2.05) is 0 Å². The van der Waals surface area contributed by atoms with Crippen LogP contribution in [0.15, 0.2) is 23.1 Å². The normalized spacial score (nSPS) is 29.3. The van der Waals surface area contributed by atoms with Gasteiger partial charge in [-0.3, -0.25) is 9.59 Å². The third kappa shape index (κ3) is 2.89. The monoisotopic (exact) mass is 421 g/mol. The SMILES string of the molecule is O=C(O)C1N(S(=O)(=O)c2cc(Cl)cc(Cl)c2)CC2CCCCC21C(=O)O. The lowest BCUT2D eigenvalue weighted by Gasteiger charge is -2.37. The molecular weight excluding hydrogens is 405 g/mol. The highest BCUT2D eigenvalue weighted by Gasteiger charge is 2.65. The summed E-state index contributed by atoms with van der Waals surface area (Å²) in [6.45, 7) is -0.157. The number of carboxylic acids is 2. The van der Waals surface area contributed by atoms with Gasteiger partial charge >= 0.3 is 11.9 Å². The molecule has 0 radical (unpaired) electrons. The second-order valence-corrected chi connectivity index (χ2v) is 9.47. The van der Waals surface area contributed by atoms with Gasteiger partial charge in [0.15, 0.2) is 0 Å². The molecule has 0 amide bonds. The predicted molar refractivity (Wildman–Crippen MR) is 93.8 cm³/mol. The van der Waals surface area contributed by atoms with Gasteiger partial charge in [-0.2, -0.15) is 4.31 Å². The molecule has 142 valence electrons. The van der Waals surface area contributed by atoms with E-state index < -0.39 is 39.3 Å². The van der Waals surface area contributed by atoms with Crippen LogP contribution in [0.3, 0.4) is 0 Å². The highest BCUT2D eigenvalue weighted by molar-refractivity contribution is 7.89. The molecule has 3 atom stereocenters. The van der Waals surface area contributed by atoms with Gasteiger partial charge in [0, 0.05) is 16.6 Å². The van der Waals surface area contributed by atoms with Crippen molar-refractivity contribution < 1.29 is 28.2 Å². The number of nitrogens with zero attached hydrogens (tertiary/aromatic N) is 1. The summed E-state index contributed by atoms with van der Waals surface area (Å²) in [5, 5.41) is 19.7. The van der Waals surface area contributed by atoms with Crippen molar-refractivity contribution >= 4 is 45.2 Å². The van der Waals surface area contributed by atoms with Crippen LogP contribution in [0.5, 0.6) is 0 Å². The number of carboxylic acid groups (broad SMARTS) is 2. The smallest absolute Gasteiger partial charge is 0.323 e. The molecule has 2 N–H and O–H groups in total. The van der Waals surface area contributed by atoms with E-state index in [1.165, 1.54) is 18.2 Å². The molecule has 1 saturated heterocycles. The number of sulfonamides is 1. The maximum Gasteiger partial charge on any atom is 0.323 e. The Morgan fingerprint density at radius 2 is 1.73 bits per heavy atom. The standard InChI is InChI=1S/C16H17Cl2NO6S/c17-10-5-11(18)7-12(6-10)26(24,25)19-8-9-3-1-2-4-16(9,15(22)23)13(19)14(20)21/h5-7,9,13H,1-4,8H2,(H,20,21)(H,22,23). The molecule has 0 aromatic heterocycles. The summed E-state index contributed by atoms with van der Waals surface area (Å²) in [6, 6.07) is 2.04. The number of hydrogen-bond donors (Lipinski definition) is 2. The van der Waals surface area contributed by atoms with E-state index in [9.17, 15) is 28.2 Å². The van der Waals surface area contributed by atoms with E-state index in [2.05, 4.69) is 0 Å². The number of halogens is 2. The zero-order valence-corrected chi connectivity index (χ0v) is 15.9. The van der Waals surface area contributed by atoms with E-state index >= 15 is 0 Å². The van der Waals surface area contributed by atoms with Gasteiger partial charge < -0.3 is 10.2 Å². The molecule has 3 rings (SSSR count). The zero-order chi connectivity index (χ0) is 19.3. The van der Waals surface area contributed by atoms with Crippen LogP contribution in [-0.4, -0.2) is 47.5 Å². The summed E-state index contributed by atoms with van der Waals surface area (Å²) >= 11 is 11.8. The summed E-state index contributed by atoms with van der Waals surface area (Å²) in [5.41, 5.74) is -1.63. The summed E-state index contributed by atoms with van der Waals surface area (Å²) in [4.78, 5) is 23.8.